The Balaban J connectivity index is 1.26. The molecule has 0 spiro atoms. The van der Waals surface area contributed by atoms with E-state index in [9.17, 15) is 4.79 Å². The minimum absolute atomic E-state index is 0.160. The summed E-state index contributed by atoms with van der Waals surface area (Å²) >= 11 is 0. The van der Waals surface area contributed by atoms with E-state index < -0.39 is 0 Å². The molecule has 4 heteroatoms. The first-order valence-electron chi connectivity index (χ1n) is 9.60. The highest BCUT2D eigenvalue weighted by atomic mass is 16.5. The van der Waals surface area contributed by atoms with Gasteiger partial charge in [0.25, 0.3) is 5.91 Å². The number of piperidine rings is 1. The molecule has 1 saturated carbocycles. The Morgan fingerprint density at radius 2 is 1.50 bits per heavy atom. The van der Waals surface area contributed by atoms with Crippen LogP contribution in [0.3, 0.4) is 0 Å². The molecular formula is C20H28N2O2. The summed E-state index contributed by atoms with van der Waals surface area (Å²) in [4.78, 5) is 16.9. The van der Waals surface area contributed by atoms with E-state index in [1.54, 1.807) is 0 Å². The summed E-state index contributed by atoms with van der Waals surface area (Å²) in [6.07, 6.45) is 9.01. The molecule has 130 valence electrons. The fraction of sp³-hybridized carbons (Fsp3) is 0.650. The Bertz CT molecular complexity index is 554. The quantitative estimate of drug-likeness (QED) is 0.850. The molecule has 4 nitrogen and oxygen atoms in total. The SMILES string of the molecule is O=C(c1ccc(O[C@H]2C[C@H](N3CCCCC3)C2)cc1)N1CCCC1. The number of hydrogen-bond donors (Lipinski definition) is 0. The number of carbonyl (C=O) groups is 1. The van der Waals surface area contributed by atoms with Crippen molar-refractivity contribution in [2.24, 2.45) is 0 Å². The molecule has 0 aromatic heterocycles. The van der Waals surface area contributed by atoms with Crippen LogP contribution >= 0.6 is 0 Å². The van der Waals surface area contributed by atoms with Crippen molar-refractivity contribution < 1.29 is 9.53 Å². The van der Waals surface area contributed by atoms with E-state index in [-0.39, 0.29) is 5.91 Å². The molecule has 1 aliphatic carbocycles. The Hall–Kier alpha value is -1.55. The molecule has 1 aromatic rings. The molecule has 0 atom stereocenters. The van der Waals surface area contributed by atoms with Gasteiger partial charge in [-0.25, -0.2) is 0 Å². The minimum Gasteiger partial charge on any atom is -0.490 e. The first-order chi connectivity index (χ1) is 11.8. The summed E-state index contributed by atoms with van der Waals surface area (Å²) in [6, 6.07) is 8.47. The van der Waals surface area contributed by atoms with Gasteiger partial charge in [-0.2, -0.15) is 0 Å². The normalized spacial score (nSPS) is 27.8. The second-order valence-electron chi connectivity index (χ2n) is 7.49. The number of amides is 1. The van der Waals surface area contributed by atoms with Crippen LogP contribution in [0, 0.1) is 0 Å². The van der Waals surface area contributed by atoms with E-state index in [1.165, 1.54) is 32.4 Å². The summed E-state index contributed by atoms with van der Waals surface area (Å²) in [5, 5.41) is 0. The van der Waals surface area contributed by atoms with Crippen LogP contribution in [0.1, 0.15) is 55.3 Å². The van der Waals surface area contributed by atoms with Crippen LogP contribution in [-0.2, 0) is 0 Å². The predicted octanol–water partition coefficient (Wildman–Crippen LogP) is 3.32. The highest BCUT2D eigenvalue weighted by molar-refractivity contribution is 5.94. The van der Waals surface area contributed by atoms with Crippen LogP contribution in [0.15, 0.2) is 24.3 Å². The van der Waals surface area contributed by atoms with Crippen molar-refractivity contribution in [3.63, 3.8) is 0 Å². The summed E-state index contributed by atoms with van der Waals surface area (Å²) in [7, 11) is 0. The standard InChI is InChI=1S/C20H28N2O2/c23-20(22-12-4-5-13-22)16-6-8-18(9-7-16)24-19-14-17(15-19)21-10-2-1-3-11-21/h6-9,17,19H,1-5,10-15H2/t17-,19-. The van der Waals surface area contributed by atoms with Crippen molar-refractivity contribution in [3.05, 3.63) is 29.8 Å². The molecule has 0 radical (unpaired) electrons. The number of hydrogen-bond acceptors (Lipinski definition) is 3. The van der Waals surface area contributed by atoms with Gasteiger partial charge in [0.1, 0.15) is 11.9 Å². The third kappa shape index (κ3) is 3.44. The van der Waals surface area contributed by atoms with Gasteiger partial charge in [-0.05, 0) is 63.0 Å². The topological polar surface area (TPSA) is 32.8 Å². The Kier molecular flexibility index (Phi) is 4.74. The number of benzene rings is 1. The van der Waals surface area contributed by atoms with E-state index in [0.29, 0.717) is 6.10 Å². The van der Waals surface area contributed by atoms with E-state index in [4.69, 9.17) is 4.74 Å². The van der Waals surface area contributed by atoms with Gasteiger partial charge >= 0.3 is 0 Å². The van der Waals surface area contributed by atoms with Crippen molar-refractivity contribution in [1.29, 1.82) is 0 Å². The molecule has 1 aromatic carbocycles. The van der Waals surface area contributed by atoms with Crippen LogP contribution < -0.4 is 4.74 Å². The van der Waals surface area contributed by atoms with Crippen LogP contribution in [0.4, 0.5) is 0 Å². The van der Waals surface area contributed by atoms with E-state index in [0.717, 1.165) is 56.1 Å². The highest BCUT2D eigenvalue weighted by Crippen LogP contribution is 2.31. The van der Waals surface area contributed by atoms with Gasteiger partial charge in [0.15, 0.2) is 0 Å². The monoisotopic (exact) mass is 328 g/mol. The second-order valence-corrected chi connectivity index (χ2v) is 7.49. The van der Waals surface area contributed by atoms with Crippen LogP contribution in [0.25, 0.3) is 0 Å². The third-order valence-corrected chi connectivity index (χ3v) is 5.77. The van der Waals surface area contributed by atoms with Gasteiger partial charge < -0.3 is 14.5 Å². The van der Waals surface area contributed by atoms with Crippen molar-refractivity contribution in [3.8, 4) is 5.75 Å². The summed E-state index contributed by atoms with van der Waals surface area (Å²) in [5.41, 5.74) is 0.782. The van der Waals surface area contributed by atoms with Crippen molar-refractivity contribution in [2.45, 2.75) is 57.1 Å². The maximum Gasteiger partial charge on any atom is 0.253 e. The molecule has 2 aliphatic heterocycles. The molecule has 0 unspecified atom stereocenters. The van der Waals surface area contributed by atoms with Crippen molar-refractivity contribution in [1.82, 2.24) is 9.80 Å². The largest absolute Gasteiger partial charge is 0.490 e. The van der Waals surface area contributed by atoms with Crippen molar-refractivity contribution >= 4 is 5.91 Å². The number of rotatable bonds is 4. The van der Waals surface area contributed by atoms with E-state index >= 15 is 0 Å². The fourth-order valence-corrected chi connectivity index (χ4v) is 4.19. The number of carbonyl (C=O) groups excluding carboxylic acids is 1. The lowest BCUT2D eigenvalue weighted by Gasteiger charge is -2.44. The van der Waals surface area contributed by atoms with Gasteiger partial charge in [0.05, 0.1) is 0 Å². The van der Waals surface area contributed by atoms with Crippen LogP contribution in [0.2, 0.25) is 0 Å². The average Bonchev–Trinajstić information content (AvgIpc) is 3.13. The molecular weight excluding hydrogens is 300 g/mol. The smallest absolute Gasteiger partial charge is 0.253 e. The molecule has 3 aliphatic rings. The van der Waals surface area contributed by atoms with Gasteiger partial charge in [-0.3, -0.25) is 4.79 Å². The highest BCUT2D eigenvalue weighted by Gasteiger charge is 2.35. The Morgan fingerprint density at radius 3 is 2.17 bits per heavy atom. The van der Waals surface area contributed by atoms with E-state index in [1.807, 2.05) is 29.2 Å². The lowest BCUT2D eigenvalue weighted by molar-refractivity contribution is 0.00892. The van der Waals surface area contributed by atoms with Crippen molar-refractivity contribution in [2.75, 3.05) is 26.2 Å². The first kappa shape index (κ1) is 15.9. The maximum absolute atomic E-state index is 12.3. The third-order valence-electron chi connectivity index (χ3n) is 5.77. The van der Waals surface area contributed by atoms with Crippen LogP contribution in [-0.4, -0.2) is 54.0 Å². The maximum atomic E-state index is 12.3. The fourth-order valence-electron chi connectivity index (χ4n) is 4.19. The molecule has 0 N–H and O–H groups in total. The summed E-state index contributed by atoms with van der Waals surface area (Å²) < 4.78 is 6.08. The lowest BCUT2D eigenvalue weighted by atomic mass is 9.86. The van der Waals surface area contributed by atoms with Gasteiger partial charge in [0, 0.05) is 37.5 Å². The molecule has 1 amide bonds. The predicted molar refractivity (Wildman–Crippen MR) is 94.4 cm³/mol. The summed E-state index contributed by atoms with van der Waals surface area (Å²) in [5.74, 6) is 1.06. The van der Waals surface area contributed by atoms with Crippen LogP contribution in [0.5, 0.6) is 5.75 Å². The van der Waals surface area contributed by atoms with Gasteiger partial charge in [-0.1, -0.05) is 6.42 Å². The number of likely N-dealkylation sites (tertiary alicyclic amines) is 2. The zero-order valence-corrected chi connectivity index (χ0v) is 14.5. The van der Waals surface area contributed by atoms with Gasteiger partial charge in [-0.15, -0.1) is 0 Å². The Labute approximate surface area is 144 Å². The number of nitrogens with zero attached hydrogens (tertiary/aromatic N) is 2. The molecule has 3 fully saturated rings. The first-order valence-corrected chi connectivity index (χ1v) is 9.60. The second kappa shape index (κ2) is 7.14. The molecule has 24 heavy (non-hydrogen) atoms. The van der Waals surface area contributed by atoms with Gasteiger partial charge in [0.2, 0.25) is 0 Å². The zero-order valence-electron chi connectivity index (χ0n) is 14.5. The molecule has 4 rings (SSSR count). The molecule has 0 bridgehead atoms. The zero-order chi connectivity index (χ0) is 16.4. The minimum atomic E-state index is 0.160. The number of ether oxygens (including phenoxy) is 1. The molecule has 2 saturated heterocycles. The molecule has 2 heterocycles. The lowest BCUT2D eigenvalue weighted by Crippen LogP contribution is -2.50. The average molecular weight is 328 g/mol. The Morgan fingerprint density at radius 1 is 0.875 bits per heavy atom. The summed E-state index contributed by atoms with van der Waals surface area (Å²) in [6.45, 7) is 4.34. The van der Waals surface area contributed by atoms with E-state index in [2.05, 4.69) is 4.90 Å².